The van der Waals surface area contributed by atoms with Crippen molar-refractivity contribution in [2.75, 3.05) is 18.1 Å². The maximum atomic E-state index is 12.7. The first-order valence-corrected chi connectivity index (χ1v) is 9.74. The molecule has 20 heavy (non-hydrogen) atoms. The zero-order valence-corrected chi connectivity index (χ0v) is 14.8. The Balaban J connectivity index is 2.29. The molecule has 2 fully saturated rings. The second-order valence-corrected chi connectivity index (χ2v) is 9.17. The lowest BCUT2D eigenvalue weighted by Crippen LogP contribution is -2.37. The summed E-state index contributed by atoms with van der Waals surface area (Å²) in [6.07, 6.45) is 4.86. The van der Waals surface area contributed by atoms with E-state index in [1.807, 2.05) is 44.3 Å². The normalized spacial score (nSPS) is 24.4. The van der Waals surface area contributed by atoms with E-state index in [1.165, 1.54) is 40.7 Å². The van der Waals surface area contributed by atoms with Crippen LogP contribution in [0.25, 0.3) is 0 Å². The highest BCUT2D eigenvalue weighted by atomic mass is 32.2. The Morgan fingerprint density at radius 1 is 1.30 bits per heavy atom. The third-order valence-corrected chi connectivity index (χ3v) is 6.50. The number of amides is 1. The third-order valence-electron chi connectivity index (χ3n) is 3.87. The van der Waals surface area contributed by atoms with E-state index < -0.39 is 0 Å². The van der Waals surface area contributed by atoms with Crippen molar-refractivity contribution >= 4 is 29.4 Å². The van der Waals surface area contributed by atoms with Crippen LogP contribution in [0.1, 0.15) is 53.4 Å². The lowest BCUT2D eigenvalue weighted by atomic mass is 9.94. The first-order valence-electron chi connectivity index (χ1n) is 7.77. The Bertz CT molecular complexity index is 390. The van der Waals surface area contributed by atoms with Crippen LogP contribution in [0, 0.1) is 11.3 Å². The Labute approximate surface area is 132 Å². The molecule has 2 saturated heterocycles. The van der Waals surface area contributed by atoms with Gasteiger partial charge in [-0.15, -0.1) is 23.5 Å². The van der Waals surface area contributed by atoms with E-state index in [4.69, 9.17) is 0 Å². The van der Waals surface area contributed by atoms with Gasteiger partial charge in [-0.3, -0.25) is 4.79 Å². The van der Waals surface area contributed by atoms with E-state index in [0.29, 0.717) is 11.8 Å². The van der Waals surface area contributed by atoms with Crippen LogP contribution in [-0.2, 0) is 4.79 Å². The van der Waals surface area contributed by atoms with Crippen LogP contribution in [0.15, 0.2) is 9.93 Å². The third kappa shape index (κ3) is 3.56. The molecule has 114 valence electrons. The molecule has 0 aromatic heterocycles. The van der Waals surface area contributed by atoms with Crippen molar-refractivity contribution < 1.29 is 4.79 Å². The average Bonchev–Trinajstić information content (AvgIpc) is 2.82. The van der Waals surface area contributed by atoms with Gasteiger partial charge in [-0.05, 0) is 30.8 Å². The Morgan fingerprint density at radius 3 is 2.50 bits per heavy atom. The van der Waals surface area contributed by atoms with E-state index in [-0.39, 0.29) is 5.41 Å². The smallest absolute Gasteiger partial charge is 0.232 e. The van der Waals surface area contributed by atoms with Gasteiger partial charge in [-0.25, -0.2) is 0 Å². The highest BCUT2D eigenvalue weighted by molar-refractivity contribution is 8.22. The molecule has 4 heteroatoms. The number of nitrogens with zero attached hydrogens (tertiary/aromatic N) is 1. The van der Waals surface area contributed by atoms with Crippen LogP contribution < -0.4 is 0 Å². The van der Waals surface area contributed by atoms with Crippen LogP contribution in [0.3, 0.4) is 0 Å². The minimum Gasteiger partial charge on any atom is -0.314 e. The van der Waals surface area contributed by atoms with Crippen LogP contribution >= 0.6 is 23.5 Å². The number of allylic oxidation sites excluding steroid dienone is 1. The standard InChI is InChI=1S/C16H27NOS2/c1-5-7-12-8-9-17(15(18)16(2,3)4)13(12)14-19-10-6-11-20-14/h12H,5-11H2,1-4H3. The topological polar surface area (TPSA) is 20.3 Å². The molecule has 0 aromatic rings. The molecule has 0 N–H and O–H groups in total. The van der Waals surface area contributed by atoms with Crippen molar-refractivity contribution in [3.05, 3.63) is 9.93 Å². The highest BCUT2D eigenvalue weighted by Gasteiger charge is 2.38. The Kier molecular flexibility index (Phi) is 5.52. The van der Waals surface area contributed by atoms with Crippen LogP contribution in [-0.4, -0.2) is 28.9 Å². The number of hydrogen-bond donors (Lipinski definition) is 0. The highest BCUT2D eigenvalue weighted by Crippen LogP contribution is 2.45. The average molecular weight is 314 g/mol. The van der Waals surface area contributed by atoms with Gasteiger partial charge in [0.25, 0.3) is 0 Å². The number of carbonyl (C=O) groups is 1. The van der Waals surface area contributed by atoms with Gasteiger partial charge < -0.3 is 4.90 Å². The van der Waals surface area contributed by atoms with Crippen molar-refractivity contribution in [1.29, 1.82) is 0 Å². The molecule has 0 radical (unpaired) electrons. The molecular weight excluding hydrogens is 286 g/mol. The van der Waals surface area contributed by atoms with Crippen molar-refractivity contribution in [2.45, 2.75) is 53.4 Å². The molecule has 0 bridgehead atoms. The van der Waals surface area contributed by atoms with E-state index in [1.54, 1.807) is 0 Å². The minimum atomic E-state index is -0.281. The molecule has 2 aliphatic heterocycles. The summed E-state index contributed by atoms with van der Waals surface area (Å²) in [7, 11) is 0. The molecular formula is C16H27NOS2. The van der Waals surface area contributed by atoms with Gasteiger partial charge in [0.15, 0.2) is 0 Å². The summed E-state index contributed by atoms with van der Waals surface area (Å²) < 4.78 is 1.44. The SMILES string of the molecule is CCCC1CCN(C(=O)C(C)(C)C)C1=C1SCCCS1. The number of hydrogen-bond acceptors (Lipinski definition) is 3. The minimum absolute atomic E-state index is 0.281. The van der Waals surface area contributed by atoms with Gasteiger partial charge >= 0.3 is 0 Å². The molecule has 0 aromatic carbocycles. The van der Waals surface area contributed by atoms with Crippen molar-refractivity contribution in [2.24, 2.45) is 11.3 Å². The van der Waals surface area contributed by atoms with E-state index in [2.05, 4.69) is 11.8 Å². The first-order chi connectivity index (χ1) is 9.45. The number of likely N-dealkylation sites (tertiary alicyclic amines) is 1. The van der Waals surface area contributed by atoms with Crippen LogP contribution in [0.2, 0.25) is 0 Å². The fraction of sp³-hybridized carbons (Fsp3) is 0.812. The van der Waals surface area contributed by atoms with Gasteiger partial charge in [-0.2, -0.15) is 0 Å². The molecule has 2 nitrogen and oxygen atoms in total. The molecule has 0 aliphatic carbocycles. The molecule has 2 aliphatic rings. The Morgan fingerprint density at radius 2 is 1.95 bits per heavy atom. The molecule has 0 spiro atoms. The van der Waals surface area contributed by atoms with E-state index in [0.717, 1.165) is 13.0 Å². The summed E-state index contributed by atoms with van der Waals surface area (Å²) in [6, 6.07) is 0. The van der Waals surface area contributed by atoms with Gasteiger partial charge in [0.2, 0.25) is 5.91 Å². The molecule has 1 atom stereocenters. The molecule has 1 amide bonds. The predicted molar refractivity (Wildman–Crippen MR) is 90.7 cm³/mol. The van der Waals surface area contributed by atoms with E-state index >= 15 is 0 Å². The molecule has 1 unspecified atom stereocenters. The maximum absolute atomic E-state index is 12.7. The first kappa shape index (κ1) is 16.3. The van der Waals surface area contributed by atoms with E-state index in [9.17, 15) is 4.79 Å². The summed E-state index contributed by atoms with van der Waals surface area (Å²) in [5.74, 6) is 3.31. The monoisotopic (exact) mass is 313 g/mol. The van der Waals surface area contributed by atoms with Crippen LogP contribution in [0.4, 0.5) is 0 Å². The lowest BCUT2D eigenvalue weighted by Gasteiger charge is -2.30. The summed E-state index contributed by atoms with van der Waals surface area (Å²) in [4.78, 5) is 14.9. The fourth-order valence-electron chi connectivity index (χ4n) is 2.86. The number of thioether (sulfide) groups is 2. The zero-order valence-electron chi connectivity index (χ0n) is 13.2. The summed E-state index contributed by atoms with van der Waals surface area (Å²) >= 11 is 3.94. The second-order valence-electron chi connectivity index (χ2n) is 6.70. The van der Waals surface area contributed by atoms with Gasteiger partial charge in [-0.1, -0.05) is 34.1 Å². The largest absolute Gasteiger partial charge is 0.314 e. The molecule has 0 saturated carbocycles. The van der Waals surface area contributed by atoms with Gasteiger partial charge in [0.05, 0.1) is 4.24 Å². The van der Waals surface area contributed by atoms with Gasteiger partial charge in [0.1, 0.15) is 0 Å². The fourth-order valence-corrected chi connectivity index (χ4v) is 5.68. The Hall–Kier alpha value is -0.0900. The zero-order chi connectivity index (χ0) is 14.8. The van der Waals surface area contributed by atoms with Crippen molar-refractivity contribution in [1.82, 2.24) is 4.90 Å². The van der Waals surface area contributed by atoms with Crippen molar-refractivity contribution in [3.63, 3.8) is 0 Å². The summed E-state index contributed by atoms with van der Waals surface area (Å²) in [5.41, 5.74) is 1.08. The van der Waals surface area contributed by atoms with Gasteiger partial charge in [0, 0.05) is 23.6 Å². The van der Waals surface area contributed by atoms with Crippen molar-refractivity contribution in [3.8, 4) is 0 Å². The lowest BCUT2D eigenvalue weighted by molar-refractivity contribution is -0.136. The maximum Gasteiger partial charge on any atom is 0.232 e. The molecule has 2 rings (SSSR count). The predicted octanol–water partition coefficient (Wildman–Crippen LogP) is 4.72. The second kappa shape index (κ2) is 6.78. The molecule has 2 heterocycles. The number of carbonyl (C=O) groups excluding carboxylic acids is 1. The number of rotatable bonds is 2. The van der Waals surface area contributed by atoms with Crippen LogP contribution in [0.5, 0.6) is 0 Å². The summed E-state index contributed by atoms with van der Waals surface area (Å²) in [6.45, 7) is 9.27. The quantitative estimate of drug-likeness (QED) is 0.735. The summed E-state index contributed by atoms with van der Waals surface area (Å²) in [5, 5.41) is 0.